The molecule has 2 aliphatic heterocycles. The third-order valence-corrected chi connectivity index (χ3v) is 6.69. The maximum absolute atomic E-state index is 12.9. The Kier molecular flexibility index (Phi) is 7.56. The molecule has 0 spiro atoms. The van der Waals surface area contributed by atoms with Gasteiger partial charge in [0.05, 0.1) is 11.5 Å². The zero-order chi connectivity index (χ0) is 24.1. The van der Waals surface area contributed by atoms with Crippen molar-refractivity contribution in [1.29, 1.82) is 0 Å². The highest BCUT2D eigenvalue weighted by molar-refractivity contribution is 5.89. The van der Waals surface area contributed by atoms with E-state index in [-0.39, 0.29) is 30.2 Å². The number of likely N-dealkylation sites (tertiary alicyclic amines) is 2. The molecule has 2 aliphatic rings. The van der Waals surface area contributed by atoms with Crippen molar-refractivity contribution in [3.8, 4) is 0 Å². The van der Waals surface area contributed by atoms with E-state index in [1.807, 2.05) is 30.3 Å². The Balaban J connectivity index is 1.21. The van der Waals surface area contributed by atoms with Gasteiger partial charge in [-0.3, -0.25) is 14.5 Å². The minimum Gasteiger partial charge on any atom is -0.353 e. The molecule has 2 heterocycles. The SMILES string of the molecule is O=C(NC1CCN(Cc2cccc(C(F)(F)F)c2)CC1)C1CC(=O)N(CCc2ccccc2)C1. The van der Waals surface area contributed by atoms with Gasteiger partial charge in [0, 0.05) is 45.2 Å². The van der Waals surface area contributed by atoms with Crippen molar-refractivity contribution in [3.63, 3.8) is 0 Å². The summed E-state index contributed by atoms with van der Waals surface area (Å²) in [6.45, 7) is 2.92. The summed E-state index contributed by atoms with van der Waals surface area (Å²) in [6.07, 6.45) is -1.85. The Hall–Kier alpha value is -2.87. The van der Waals surface area contributed by atoms with E-state index in [4.69, 9.17) is 0 Å². The highest BCUT2D eigenvalue weighted by Crippen LogP contribution is 2.30. The van der Waals surface area contributed by atoms with Crippen LogP contribution in [0.2, 0.25) is 0 Å². The number of amides is 2. The number of piperidine rings is 1. The number of hydrogen-bond donors (Lipinski definition) is 1. The molecule has 34 heavy (non-hydrogen) atoms. The van der Waals surface area contributed by atoms with Gasteiger partial charge in [-0.2, -0.15) is 13.2 Å². The van der Waals surface area contributed by atoms with Crippen molar-refractivity contribution in [1.82, 2.24) is 15.1 Å². The van der Waals surface area contributed by atoms with Crippen LogP contribution in [0.4, 0.5) is 13.2 Å². The molecule has 0 saturated carbocycles. The van der Waals surface area contributed by atoms with Gasteiger partial charge in [0.25, 0.3) is 0 Å². The summed E-state index contributed by atoms with van der Waals surface area (Å²) in [6, 6.07) is 15.4. The highest BCUT2D eigenvalue weighted by atomic mass is 19.4. The lowest BCUT2D eigenvalue weighted by molar-refractivity contribution is -0.137. The van der Waals surface area contributed by atoms with Crippen LogP contribution < -0.4 is 5.32 Å². The normalized spacial score (nSPS) is 20.0. The van der Waals surface area contributed by atoms with Crippen molar-refractivity contribution in [2.75, 3.05) is 26.2 Å². The first-order chi connectivity index (χ1) is 16.3. The van der Waals surface area contributed by atoms with E-state index >= 15 is 0 Å². The van der Waals surface area contributed by atoms with Gasteiger partial charge < -0.3 is 10.2 Å². The molecule has 1 N–H and O–H groups in total. The molecule has 2 fully saturated rings. The number of nitrogens with zero attached hydrogens (tertiary/aromatic N) is 2. The van der Waals surface area contributed by atoms with E-state index in [2.05, 4.69) is 10.2 Å². The lowest BCUT2D eigenvalue weighted by Crippen LogP contribution is -2.46. The molecule has 5 nitrogen and oxygen atoms in total. The van der Waals surface area contributed by atoms with Crippen molar-refractivity contribution >= 4 is 11.8 Å². The van der Waals surface area contributed by atoms with Crippen LogP contribution in [0.15, 0.2) is 54.6 Å². The fraction of sp³-hybridized carbons (Fsp3) is 0.462. The monoisotopic (exact) mass is 473 g/mol. The maximum atomic E-state index is 12.9. The van der Waals surface area contributed by atoms with Crippen LogP contribution in [0.1, 0.15) is 36.0 Å². The maximum Gasteiger partial charge on any atom is 0.416 e. The van der Waals surface area contributed by atoms with E-state index in [0.29, 0.717) is 38.3 Å². The summed E-state index contributed by atoms with van der Waals surface area (Å²) in [4.78, 5) is 29.0. The van der Waals surface area contributed by atoms with Crippen LogP contribution >= 0.6 is 0 Å². The third kappa shape index (κ3) is 6.38. The quantitative estimate of drug-likeness (QED) is 0.664. The summed E-state index contributed by atoms with van der Waals surface area (Å²) >= 11 is 0. The predicted octanol–water partition coefficient (Wildman–Crippen LogP) is 3.88. The van der Waals surface area contributed by atoms with E-state index in [1.54, 1.807) is 11.0 Å². The van der Waals surface area contributed by atoms with E-state index in [0.717, 1.165) is 25.3 Å². The van der Waals surface area contributed by atoms with Gasteiger partial charge >= 0.3 is 6.18 Å². The van der Waals surface area contributed by atoms with Crippen molar-refractivity contribution in [3.05, 3.63) is 71.3 Å². The summed E-state index contributed by atoms with van der Waals surface area (Å²) in [5.74, 6) is -0.384. The number of alkyl halides is 3. The molecule has 1 unspecified atom stereocenters. The minimum absolute atomic E-state index is 0.0204. The fourth-order valence-electron chi connectivity index (χ4n) is 4.73. The summed E-state index contributed by atoms with van der Waals surface area (Å²) in [5.41, 5.74) is 1.17. The average Bonchev–Trinajstić information content (AvgIpc) is 3.20. The molecule has 2 amide bonds. The Morgan fingerprint density at radius 2 is 1.71 bits per heavy atom. The van der Waals surface area contributed by atoms with Gasteiger partial charge in [-0.05, 0) is 36.5 Å². The smallest absolute Gasteiger partial charge is 0.353 e. The topological polar surface area (TPSA) is 52.7 Å². The average molecular weight is 474 g/mol. The van der Waals surface area contributed by atoms with Gasteiger partial charge in [-0.25, -0.2) is 0 Å². The van der Waals surface area contributed by atoms with Gasteiger partial charge in [0.15, 0.2) is 0 Å². The van der Waals surface area contributed by atoms with Crippen LogP contribution in [0, 0.1) is 5.92 Å². The van der Waals surface area contributed by atoms with E-state index < -0.39 is 11.7 Å². The Morgan fingerprint density at radius 1 is 1.00 bits per heavy atom. The molecule has 0 radical (unpaired) electrons. The molecule has 4 rings (SSSR count). The standard InChI is InChI=1S/C26H30F3N3O2/c27-26(28,29)22-8-4-7-20(15-22)17-31-12-10-23(11-13-31)30-25(34)21-16-24(33)32(18-21)14-9-19-5-2-1-3-6-19/h1-8,15,21,23H,9-14,16-18H2,(H,30,34). The zero-order valence-corrected chi connectivity index (χ0v) is 19.1. The largest absolute Gasteiger partial charge is 0.416 e. The first kappa shape index (κ1) is 24.3. The Bertz CT molecular complexity index is 988. The number of carbonyl (C=O) groups excluding carboxylic acids is 2. The van der Waals surface area contributed by atoms with Crippen LogP contribution in [0.5, 0.6) is 0 Å². The van der Waals surface area contributed by atoms with Crippen LogP contribution in [0.3, 0.4) is 0 Å². The fourth-order valence-corrected chi connectivity index (χ4v) is 4.73. The molecular weight excluding hydrogens is 443 g/mol. The molecule has 1 atom stereocenters. The molecular formula is C26H30F3N3O2. The van der Waals surface area contributed by atoms with Gasteiger partial charge in [-0.15, -0.1) is 0 Å². The van der Waals surface area contributed by atoms with Crippen LogP contribution in [-0.4, -0.2) is 53.8 Å². The molecule has 0 aliphatic carbocycles. The molecule has 0 bridgehead atoms. The number of halogens is 3. The number of hydrogen-bond acceptors (Lipinski definition) is 3. The minimum atomic E-state index is -4.34. The molecule has 2 aromatic carbocycles. The lowest BCUT2D eigenvalue weighted by atomic mass is 10.0. The van der Waals surface area contributed by atoms with Gasteiger partial charge in [0.2, 0.25) is 11.8 Å². The first-order valence-corrected chi connectivity index (χ1v) is 11.8. The summed E-state index contributed by atoms with van der Waals surface area (Å²) < 4.78 is 38.8. The van der Waals surface area contributed by atoms with Gasteiger partial charge in [0.1, 0.15) is 0 Å². The second-order valence-corrected chi connectivity index (χ2v) is 9.23. The number of nitrogens with one attached hydrogen (secondary N) is 1. The second kappa shape index (κ2) is 10.6. The molecule has 2 saturated heterocycles. The van der Waals surface area contributed by atoms with Crippen molar-refractivity contribution in [2.45, 2.75) is 44.4 Å². The van der Waals surface area contributed by atoms with Crippen LogP contribution in [0.25, 0.3) is 0 Å². The summed E-state index contributed by atoms with van der Waals surface area (Å²) in [5, 5.41) is 3.10. The third-order valence-electron chi connectivity index (χ3n) is 6.69. The van der Waals surface area contributed by atoms with Gasteiger partial charge in [-0.1, -0.05) is 48.5 Å². The molecule has 8 heteroatoms. The number of rotatable bonds is 7. The van der Waals surface area contributed by atoms with Crippen LogP contribution in [-0.2, 0) is 28.7 Å². The van der Waals surface area contributed by atoms with E-state index in [9.17, 15) is 22.8 Å². The first-order valence-electron chi connectivity index (χ1n) is 11.8. The lowest BCUT2D eigenvalue weighted by Gasteiger charge is -2.33. The zero-order valence-electron chi connectivity index (χ0n) is 19.1. The summed E-state index contributed by atoms with van der Waals surface area (Å²) in [7, 11) is 0. The predicted molar refractivity (Wildman–Crippen MR) is 123 cm³/mol. The highest BCUT2D eigenvalue weighted by Gasteiger charge is 2.35. The van der Waals surface area contributed by atoms with E-state index in [1.165, 1.54) is 17.7 Å². The van der Waals surface area contributed by atoms with Crippen molar-refractivity contribution in [2.24, 2.45) is 5.92 Å². The molecule has 0 aromatic heterocycles. The molecule has 182 valence electrons. The Labute approximate surface area is 197 Å². The number of benzene rings is 2. The van der Waals surface area contributed by atoms with Crippen molar-refractivity contribution < 1.29 is 22.8 Å². The Morgan fingerprint density at radius 3 is 2.41 bits per heavy atom. The second-order valence-electron chi connectivity index (χ2n) is 9.23. The molecule has 2 aromatic rings. The number of carbonyl (C=O) groups is 2.